The van der Waals surface area contributed by atoms with Crippen LogP contribution >= 0.6 is 11.3 Å². The standard InChI is InChI=1S/C13H15NO4S2/c1-7-5-4-6-10-11(7)19-9(3)12(10)20(17,18)14-8(2)13(15)16/h4-6,8,14H,1-3H3,(H,15,16)/t8-/m1/s1. The van der Waals surface area contributed by atoms with Crippen LogP contribution in [0.3, 0.4) is 0 Å². The first-order valence-electron chi connectivity index (χ1n) is 5.98. The zero-order chi connectivity index (χ0) is 15.1. The van der Waals surface area contributed by atoms with Gasteiger partial charge in [-0.25, -0.2) is 8.42 Å². The van der Waals surface area contributed by atoms with Crippen molar-refractivity contribution in [1.29, 1.82) is 0 Å². The second-order valence-corrected chi connectivity index (χ2v) is 7.50. The highest BCUT2D eigenvalue weighted by molar-refractivity contribution is 7.90. The van der Waals surface area contributed by atoms with Crippen LogP contribution in [0.1, 0.15) is 17.4 Å². The van der Waals surface area contributed by atoms with Gasteiger partial charge in [-0.3, -0.25) is 4.79 Å². The van der Waals surface area contributed by atoms with Gasteiger partial charge in [-0.15, -0.1) is 11.3 Å². The molecule has 0 unspecified atom stereocenters. The number of nitrogens with one attached hydrogen (secondary N) is 1. The van der Waals surface area contributed by atoms with Crippen LogP contribution in [0.2, 0.25) is 0 Å². The molecule has 0 saturated carbocycles. The average molecular weight is 313 g/mol. The molecule has 0 bridgehead atoms. The van der Waals surface area contributed by atoms with E-state index in [0.29, 0.717) is 10.3 Å². The minimum Gasteiger partial charge on any atom is -0.480 e. The molecule has 1 aromatic carbocycles. The van der Waals surface area contributed by atoms with Crippen molar-refractivity contribution < 1.29 is 18.3 Å². The van der Waals surface area contributed by atoms with Crippen LogP contribution in [0, 0.1) is 13.8 Å². The van der Waals surface area contributed by atoms with Crippen LogP contribution in [0.4, 0.5) is 0 Å². The fraction of sp³-hybridized carbons (Fsp3) is 0.308. The highest BCUT2D eigenvalue weighted by atomic mass is 32.2. The third-order valence-corrected chi connectivity index (χ3v) is 6.12. The van der Waals surface area contributed by atoms with Gasteiger partial charge in [-0.2, -0.15) is 4.72 Å². The predicted molar refractivity (Wildman–Crippen MR) is 78.7 cm³/mol. The minimum absolute atomic E-state index is 0.175. The van der Waals surface area contributed by atoms with Crippen molar-refractivity contribution >= 4 is 37.4 Å². The normalized spacial score (nSPS) is 13.6. The summed E-state index contributed by atoms with van der Waals surface area (Å²) in [6, 6.07) is 4.29. The van der Waals surface area contributed by atoms with Crippen LogP contribution in [-0.2, 0) is 14.8 Å². The number of aliphatic carboxylic acids is 1. The first-order valence-corrected chi connectivity index (χ1v) is 8.28. The summed E-state index contributed by atoms with van der Waals surface area (Å²) in [7, 11) is -3.86. The summed E-state index contributed by atoms with van der Waals surface area (Å²) in [4.78, 5) is 11.7. The summed E-state index contributed by atoms with van der Waals surface area (Å²) in [5.41, 5.74) is 1.00. The predicted octanol–water partition coefficient (Wildman–Crippen LogP) is 2.27. The molecule has 0 spiro atoms. The molecule has 1 aromatic heterocycles. The molecule has 2 rings (SSSR count). The number of aryl methyl sites for hydroxylation is 2. The molecule has 0 fully saturated rings. The van der Waals surface area contributed by atoms with Crippen molar-refractivity contribution in [2.24, 2.45) is 0 Å². The van der Waals surface area contributed by atoms with Crippen LogP contribution in [0.15, 0.2) is 23.1 Å². The third kappa shape index (κ3) is 2.56. The maximum atomic E-state index is 12.4. The Morgan fingerprint density at radius 3 is 2.60 bits per heavy atom. The number of carbonyl (C=O) groups is 1. The van der Waals surface area contributed by atoms with Gasteiger partial charge in [-0.05, 0) is 26.3 Å². The van der Waals surface area contributed by atoms with E-state index in [1.807, 2.05) is 13.0 Å². The van der Waals surface area contributed by atoms with E-state index in [-0.39, 0.29) is 4.90 Å². The van der Waals surface area contributed by atoms with Crippen molar-refractivity contribution in [2.75, 3.05) is 0 Å². The molecular weight excluding hydrogens is 298 g/mol. The van der Waals surface area contributed by atoms with Gasteiger partial charge in [-0.1, -0.05) is 18.2 Å². The summed E-state index contributed by atoms with van der Waals surface area (Å²) in [5.74, 6) is -1.21. The van der Waals surface area contributed by atoms with Crippen molar-refractivity contribution in [3.05, 3.63) is 28.6 Å². The van der Waals surface area contributed by atoms with E-state index >= 15 is 0 Å². The molecule has 0 radical (unpaired) electrons. The molecule has 5 nitrogen and oxygen atoms in total. The summed E-state index contributed by atoms with van der Waals surface area (Å²) in [6.07, 6.45) is 0. The second-order valence-electron chi connectivity index (χ2n) is 4.62. The molecule has 1 atom stereocenters. The van der Waals surface area contributed by atoms with Gasteiger partial charge < -0.3 is 5.11 Å². The highest BCUT2D eigenvalue weighted by Gasteiger charge is 2.26. The lowest BCUT2D eigenvalue weighted by Crippen LogP contribution is -2.38. The van der Waals surface area contributed by atoms with Crippen LogP contribution < -0.4 is 4.72 Å². The summed E-state index contributed by atoms with van der Waals surface area (Å²) in [6.45, 7) is 4.95. The molecular formula is C13H15NO4S2. The SMILES string of the molecule is Cc1sc2c(C)cccc2c1S(=O)(=O)N[C@H](C)C(=O)O. The Morgan fingerprint density at radius 2 is 2.00 bits per heavy atom. The van der Waals surface area contributed by atoms with Gasteiger partial charge in [0.15, 0.2) is 0 Å². The monoisotopic (exact) mass is 313 g/mol. The molecule has 108 valence electrons. The van der Waals surface area contributed by atoms with Crippen LogP contribution in [0.5, 0.6) is 0 Å². The fourth-order valence-electron chi connectivity index (χ4n) is 2.03. The Bertz CT molecular complexity index is 777. The van der Waals surface area contributed by atoms with Crippen molar-refractivity contribution in [2.45, 2.75) is 31.7 Å². The number of carboxylic acids is 1. The number of fused-ring (bicyclic) bond motifs is 1. The van der Waals surface area contributed by atoms with Gasteiger partial charge in [0.2, 0.25) is 10.0 Å². The molecule has 20 heavy (non-hydrogen) atoms. The first kappa shape index (κ1) is 15.0. The zero-order valence-electron chi connectivity index (χ0n) is 11.3. The lowest BCUT2D eigenvalue weighted by atomic mass is 10.2. The Hall–Kier alpha value is -1.44. The van der Waals surface area contributed by atoms with Crippen LogP contribution in [0.25, 0.3) is 10.1 Å². The maximum absolute atomic E-state index is 12.4. The molecule has 0 saturated heterocycles. The highest BCUT2D eigenvalue weighted by Crippen LogP contribution is 2.35. The Kier molecular flexibility index (Phi) is 3.86. The molecule has 0 amide bonds. The quantitative estimate of drug-likeness (QED) is 0.907. The lowest BCUT2D eigenvalue weighted by Gasteiger charge is -2.10. The van der Waals surface area contributed by atoms with Crippen LogP contribution in [-0.4, -0.2) is 25.5 Å². The summed E-state index contributed by atoms with van der Waals surface area (Å²) < 4.78 is 27.9. The largest absolute Gasteiger partial charge is 0.480 e. The molecule has 2 aromatic rings. The van der Waals surface area contributed by atoms with Crippen molar-refractivity contribution in [1.82, 2.24) is 4.72 Å². The van der Waals surface area contributed by atoms with E-state index in [1.54, 1.807) is 19.1 Å². The smallest absolute Gasteiger partial charge is 0.321 e. The first-order chi connectivity index (χ1) is 9.24. The summed E-state index contributed by atoms with van der Waals surface area (Å²) in [5, 5.41) is 9.48. The van der Waals surface area contributed by atoms with E-state index in [1.165, 1.54) is 18.3 Å². The fourth-order valence-corrected chi connectivity index (χ4v) is 5.09. The van der Waals surface area contributed by atoms with E-state index < -0.39 is 22.0 Å². The van der Waals surface area contributed by atoms with Crippen molar-refractivity contribution in [3.8, 4) is 0 Å². The third-order valence-electron chi connectivity index (χ3n) is 3.00. The molecule has 1 heterocycles. The molecule has 0 aliphatic rings. The topological polar surface area (TPSA) is 83.5 Å². The average Bonchev–Trinajstić information content (AvgIpc) is 2.66. The van der Waals surface area contributed by atoms with Gasteiger partial charge in [0.1, 0.15) is 10.9 Å². The number of hydrogen-bond donors (Lipinski definition) is 2. The number of rotatable bonds is 4. The van der Waals surface area contributed by atoms with Gasteiger partial charge in [0.05, 0.1) is 0 Å². The minimum atomic E-state index is -3.86. The van der Waals surface area contributed by atoms with Gasteiger partial charge >= 0.3 is 5.97 Å². The maximum Gasteiger partial charge on any atom is 0.321 e. The zero-order valence-corrected chi connectivity index (χ0v) is 12.9. The molecule has 0 aliphatic carbocycles. The van der Waals surface area contributed by atoms with E-state index in [2.05, 4.69) is 4.72 Å². The van der Waals surface area contributed by atoms with Gasteiger partial charge in [0, 0.05) is 15.0 Å². The number of sulfonamides is 1. The summed E-state index contributed by atoms with van der Waals surface area (Å²) >= 11 is 1.40. The second kappa shape index (κ2) is 5.16. The molecule has 2 N–H and O–H groups in total. The Balaban J connectivity index is 2.60. The Labute approximate surface area is 121 Å². The number of carboxylic acid groups (broad SMARTS) is 1. The van der Waals surface area contributed by atoms with Gasteiger partial charge in [0.25, 0.3) is 0 Å². The number of thiophene rings is 1. The van der Waals surface area contributed by atoms with Crippen molar-refractivity contribution in [3.63, 3.8) is 0 Å². The number of benzene rings is 1. The van der Waals surface area contributed by atoms with E-state index in [0.717, 1.165) is 10.3 Å². The van der Waals surface area contributed by atoms with E-state index in [9.17, 15) is 13.2 Å². The molecule has 7 heteroatoms. The number of hydrogen-bond acceptors (Lipinski definition) is 4. The lowest BCUT2D eigenvalue weighted by molar-refractivity contribution is -0.138. The molecule has 0 aliphatic heterocycles. The van der Waals surface area contributed by atoms with E-state index in [4.69, 9.17) is 5.11 Å². The Morgan fingerprint density at radius 1 is 1.35 bits per heavy atom.